The summed E-state index contributed by atoms with van der Waals surface area (Å²) in [6.07, 6.45) is 0.580. The maximum atomic E-state index is 13.8. The molecule has 0 spiro atoms. The van der Waals surface area contributed by atoms with Crippen LogP contribution >= 0.6 is 11.6 Å². The molecule has 1 aliphatic rings. The number of nitrogens with zero attached hydrogens (tertiary/aromatic N) is 2. The van der Waals surface area contributed by atoms with E-state index >= 15 is 0 Å². The van der Waals surface area contributed by atoms with E-state index in [9.17, 15) is 9.18 Å². The van der Waals surface area contributed by atoms with Crippen LogP contribution in [0.4, 0.5) is 9.18 Å². The Morgan fingerprint density at radius 1 is 1.32 bits per heavy atom. The highest BCUT2D eigenvalue weighted by molar-refractivity contribution is 6.30. The van der Waals surface area contributed by atoms with E-state index in [-0.39, 0.29) is 12.5 Å². The van der Waals surface area contributed by atoms with Gasteiger partial charge in [0.05, 0.1) is 0 Å². The molecular formula is C18H18ClFN2O3. The Balaban J connectivity index is 1.63. The minimum Gasteiger partial charge on any atom is -0.473 e. The predicted octanol–water partition coefficient (Wildman–Crippen LogP) is 4.31. The van der Waals surface area contributed by atoms with Crippen LogP contribution in [-0.2, 0) is 6.61 Å². The van der Waals surface area contributed by atoms with Gasteiger partial charge in [0.25, 0.3) is 0 Å². The van der Waals surface area contributed by atoms with Crippen LogP contribution < -0.4 is 4.74 Å². The van der Waals surface area contributed by atoms with Gasteiger partial charge in [0.1, 0.15) is 12.4 Å². The van der Waals surface area contributed by atoms with E-state index in [0.29, 0.717) is 29.6 Å². The van der Waals surface area contributed by atoms with Crippen molar-refractivity contribution >= 4 is 17.7 Å². The number of carboxylic acid groups (broad SMARTS) is 1. The number of likely N-dealkylation sites (tertiary alicyclic amines) is 1. The van der Waals surface area contributed by atoms with Crippen LogP contribution in [0.25, 0.3) is 0 Å². The number of aromatic nitrogens is 1. The van der Waals surface area contributed by atoms with Crippen molar-refractivity contribution in [3.8, 4) is 5.88 Å². The van der Waals surface area contributed by atoms with Crippen molar-refractivity contribution in [1.29, 1.82) is 0 Å². The molecule has 2 aromatic rings. The van der Waals surface area contributed by atoms with Crippen molar-refractivity contribution < 1.29 is 19.0 Å². The van der Waals surface area contributed by atoms with Crippen LogP contribution in [0.3, 0.4) is 0 Å². The van der Waals surface area contributed by atoms with E-state index in [1.807, 2.05) is 12.1 Å². The van der Waals surface area contributed by atoms with E-state index < -0.39 is 11.9 Å². The number of pyridine rings is 1. The van der Waals surface area contributed by atoms with E-state index in [2.05, 4.69) is 4.98 Å². The molecule has 1 fully saturated rings. The van der Waals surface area contributed by atoms with Gasteiger partial charge < -0.3 is 14.7 Å². The summed E-state index contributed by atoms with van der Waals surface area (Å²) in [5.74, 6) is 0.212. The maximum Gasteiger partial charge on any atom is 0.407 e. The second-order valence-electron chi connectivity index (χ2n) is 5.97. The molecule has 25 heavy (non-hydrogen) atoms. The second kappa shape index (κ2) is 7.70. The van der Waals surface area contributed by atoms with Crippen molar-refractivity contribution in [2.24, 2.45) is 0 Å². The topological polar surface area (TPSA) is 62.7 Å². The van der Waals surface area contributed by atoms with E-state index in [4.69, 9.17) is 21.4 Å². The number of ether oxygens (including phenoxy) is 1. The van der Waals surface area contributed by atoms with Gasteiger partial charge in [-0.05, 0) is 31.0 Å². The molecule has 0 atom stereocenters. The number of piperidine rings is 1. The summed E-state index contributed by atoms with van der Waals surface area (Å²) < 4.78 is 19.4. The number of amides is 1. The summed E-state index contributed by atoms with van der Waals surface area (Å²) in [5, 5.41) is 9.35. The molecule has 0 aliphatic carbocycles. The zero-order valence-corrected chi connectivity index (χ0v) is 14.2. The zero-order chi connectivity index (χ0) is 17.8. The van der Waals surface area contributed by atoms with Gasteiger partial charge in [-0.3, -0.25) is 0 Å². The Morgan fingerprint density at radius 3 is 2.76 bits per heavy atom. The summed E-state index contributed by atoms with van der Waals surface area (Å²) in [4.78, 5) is 16.9. The van der Waals surface area contributed by atoms with Crippen LogP contribution in [0.5, 0.6) is 5.88 Å². The molecular weight excluding hydrogens is 347 g/mol. The smallest absolute Gasteiger partial charge is 0.407 e. The summed E-state index contributed by atoms with van der Waals surface area (Å²) in [7, 11) is 0. The van der Waals surface area contributed by atoms with Gasteiger partial charge in [0.15, 0.2) is 0 Å². The molecule has 1 saturated heterocycles. The van der Waals surface area contributed by atoms with Gasteiger partial charge in [0, 0.05) is 41.4 Å². The predicted molar refractivity (Wildman–Crippen MR) is 91.6 cm³/mol. The van der Waals surface area contributed by atoms with Gasteiger partial charge in [-0.2, -0.15) is 0 Å². The van der Waals surface area contributed by atoms with Crippen LogP contribution in [-0.4, -0.2) is 34.2 Å². The van der Waals surface area contributed by atoms with E-state index in [1.165, 1.54) is 11.0 Å². The third-order valence-corrected chi connectivity index (χ3v) is 4.55. The lowest BCUT2D eigenvalue weighted by Gasteiger charge is -2.29. The van der Waals surface area contributed by atoms with Gasteiger partial charge in [-0.15, -0.1) is 0 Å². The standard InChI is InChI=1S/C18H18ClFN2O3/c19-14-5-4-13(15(20)10-14)11-25-17-3-1-2-16(21-17)12-6-8-22(9-7-12)18(23)24/h1-5,10,12H,6-9,11H2,(H,23,24). The summed E-state index contributed by atoms with van der Waals surface area (Å²) in [6.45, 7) is 1.07. The first-order valence-electron chi connectivity index (χ1n) is 8.04. The first-order chi connectivity index (χ1) is 12.0. The largest absolute Gasteiger partial charge is 0.473 e. The first kappa shape index (κ1) is 17.5. The number of hydrogen-bond donors (Lipinski definition) is 1. The van der Waals surface area contributed by atoms with E-state index in [1.54, 1.807) is 18.2 Å². The Bertz CT molecular complexity index is 764. The number of benzene rings is 1. The molecule has 1 amide bonds. The molecule has 2 heterocycles. The molecule has 3 rings (SSSR count). The van der Waals surface area contributed by atoms with Crippen LogP contribution in [0, 0.1) is 5.82 Å². The highest BCUT2D eigenvalue weighted by Crippen LogP contribution is 2.28. The monoisotopic (exact) mass is 364 g/mol. The summed E-state index contributed by atoms with van der Waals surface area (Å²) in [5.41, 5.74) is 1.28. The molecule has 1 N–H and O–H groups in total. The average molecular weight is 365 g/mol. The number of hydrogen-bond acceptors (Lipinski definition) is 3. The second-order valence-corrected chi connectivity index (χ2v) is 6.41. The molecule has 5 nitrogen and oxygen atoms in total. The van der Waals surface area contributed by atoms with E-state index in [0.717, 1.165) is 18.5 Å². The molecule has 0 unspecified atom stereocenters. The molecule has 0 saturated carbocycles. The third kappa shape index (κ3) is 4.39. The molecule has 1 aromatic heterocycles. The zero-order valence-electron chi connectivity index (χ0n) is 13.5. The molecule has 1 aromatic carbocycles. The minimum absolute atomic E-state index is 0.0664. The highest BCUT2D eigenvalue weighted by atomic mass is 35.5. The Labute approximate surface area is 150 Å². The van der Waals surface area contributed by atoms with Crippen LogP contribution in [0.15, 0.2) is 36.4 Å². The molecule has 0 radical (unpaired) electrons. The summed E-state index contributed by atoms with van der Waals surface area (Å²) in [6, 6.07) is 9.94. The van der Waals surface area contributed by atoms with Crippen molar-refractivity contribution in [2.45, 2.75) is 25.4 Å². The van der Waals surface area contributed by atoms with Gasteiger partial charge in [-0.1, -0.05) is 23.7 Å². The quantitative estimate of drug-likeness (QED) is 0.878. The first-order valence-corrected chi connectivity index (χ1v) is 8.42. The molecule has 7 heteroatoms. The SMILES string of the molecule is O=C(O)N1CCC(c2cccc(OCc3ccc(Cl)cc3F)n2)CC1. The fourth-order valence-corrected chi connectivity index (χ4v) is 3.05. The Hall–Kier alpha value is -2.34. The van der Waals surface area contributed by atoms with Gasteiger partial charge in [0.2, 0.25) is 5.88 Å². The average Bonchev–Trinajstić information content (AvgIpc) is 2.61. The molecule has 1 aliphatic heterocycles. The number of halogens is 2. The Morgan fingerprint density at radius 2 is 2.08 bits per heavy atom. The lowest BCUT2D eigenvalue weighted by molar-refractivity contribution is 0.131. The van der Waals surface area contributed by atoms with Crippen LogP contribution in [0.1, 0.15) is 30.0 Å². The van der Waals surface area contributed by atoms with Crippen molar-refractivity contribution in [1.82, 2.24) is 9.88 Å². The van der Waals surface area contributed by atoms with Crippen molar-refractivity contribution in [3.05, 3.63) is 58.5 Å². The lowest BCUT2D eigenvalue weighted by Crippen LogP contribution is -2.36. The highest BCUT2D eigenvalue weighted by Gasteiger charge is 2.24. The fourth-order valence-electron chi connectivity index (χ4n) is 2.90. The van der Waals surface area contributed by atoms with Gasteiger partial charge >= 0.3 is 6.09 Å². The lowest BCUT2D eigenvalue weighted by atomic mass is 9.93. The summed E-state index contributed by atoms with van der Waals surface area (Å²) >= 11 is 5.74. The van der Waals surface area contributed by atoms with Crippen molar-refractivity contribution in [2.75, 3.05) is 13.1 Å². The number of rotatable bonds is 4. The fraction of sp³-hybridized carbons (Fsp3) is 0.333. The van der Waals surface area contributed by atoms with Gasteiger partial charge in [-0.25, -0.2) is 14.2 Å². The van der Waals surface area contributed by atoms with Crippen molar-refractivity contribution in [3.63, 3.8) is 0 Å². The Kier molecular flexibility index (Phi) is 5.38. The molecule has 132 valence electrons. The third-order valence-electron chi connectivity index (χ3n) is 4.32. The van der Waals surface area contributed by atoms with Crippen LogP contribution in [0.2, 0.25) is 5.02 Å². The minimum atomic E-state index is -0.881. The number of carbonyl (C=O) groups is 1. The maximum absolute atomic E-state index is 13.8. The normalized spacial score (nSPS) is 15.2. The molecule has 0 bridgehead atoms.